The number of hydrogen-bond acceptors (Lipinski definition) is 3. The van der Waals surface area contributed by atoms with Crippen LogP contribution >= 0.6 is 0 Å². The first kappa shape index (κ1) is 13.8. The molecule has 0 aromatic heterocycles. The van der Waals surface area contributed by atoms with Crippen molar-refractivity contribution in [3.63, 3.8) is 0 Å². The maximum Gasteiger partial charge on any atom is 0.161 e. The summed E-state index contributed by atoms with van der Waals surface area (Å²) in [5, 5.41) is 3.08. The molecule has 4 heteroatoms. The molecule has 1 aromatic carbocycles. The first-order valence-corrected chi connectivity index (χ1v) is 5.91. The largest absolute Gasteiger partial charge is 0.490 e. The highest BCUT2D eigenvalue weighted by molar-refractivity contribution is 5.43. The molecule has 0 unspecified atom stereocenters. The summed E-state index contributed by atoms with van der Waals surface area (Å²) in [6, 6.07) is 5.80. The predicted octanol–water partition coefficient (Wildman–Crippen LogP) is 2.54. The van der Waals surface area contributed by atoms with E-state index in [0.717, 1.165) is 17.9 Å². The van der Waals surface area contributed by atoms with Gasteiger partial charge < -0.3 is 14.8 Å². The maximum atomic E-state index is 12.0. The Morgan fingerprint density at radius 1 is 1.24 bits per heavy atom. The summed E-state index contributed by atoms with van der Waals surface area (Å²) in [5.74, 6) is 1.40. The van der Waals surface area contributed by atoms with Gasteiger partial charge in [0.1, 0.15) is 0 Å². The minimum absolute atomic E-state index is 0.359. The van der Waals surface area contributed by atoms with E-state index in [1.165, 1.54) is 0 Å². The number of ether oxygens (including phenoxy) is 2. The molecule has 0 heterocycles. The summed E-state index contributed by atoms with van der Waals surface area (Å²) in [5.41, 5.74) is 1.13. The number of halogens is 1. The van der Waals surface area contributed by atoms with Crippen molar-refractivity contribution in [1.29, 1.82) is 0 Å². The molecule has 96 valence electrons. The fourth-order valence-corrected chi connectivity index (χ4v) is 1.49. The van der Waals surface area contributed by atoms with Crippen LogP contribution in [0.2, 0.25) is 0 Å². The summed E-state index contributed by atoms with van der Waals surface area (Å²) < 4.78 is 23.0. The average molecular weight is 241 g/mol. The zero-order valence-corrected chi connectivity index (χ0v) is 10.5. The lowest BCUT2D eigenvalue weighted by Gasteiger charge is -2.13. The van der Waals surface area contributed by atoms with E-state index in [2.05, 4.69) is 5.32 Å². The van der Waals surface area contributed by atoms with Crippen molar-refractivity contribution < 1.29 is 13.9 Å². The van der Waals surface area contributed by atoms with Gasteiger partial charge in [-0.1, -0.05) is 6.07 Å². The summed E-state index contributed by atoms with van der Waals surface area (Å²) in [6.45, 7) is 3.31. The van der Waals surface area contributed by atoms with Crippen LogP contribution in [0.25, 0.3) is 0 Å². The Balaban J connectivity index is 2.72. The van der Waals surface area contributed by atoms with Gasteiger partial charge in [0.15, 0.2) is 11.5 Å². The van der Waals surface area contributed by atoms with Crippen LogP contribution in [0.4, 0.5) is 4.39 Å². The van der Waals surface area contributed by atoms with Crippen LogP contribution in [-0.4, -0.2) is 26.9 Å². The Bertz CT molecular complexity index is 331. The van der Waals surface area contributed by atoms with Crippen molar-refractivity contribution in [2.24, 2.45) is 0 Å². The molecule has 0 saturated carbocycles. The van der Waals surface area contributed by atoms with Crippen LogP contribution in [-0.2, 0) is 6.54 Å². The third kappa shape index (κ3) is 4.61. The smallest absolute Gasteiger partial charge is 0.161 e. The van der Waals surface area contributed by atoms with Crippen LogP contribution in [0.1, 0.15) is 18.9 Å². The molecular weight excluding hydrogens is 221 g/mol. The lowest BCUT2D eigenvalue weighted by atomic mass is 10.2. The lowest BCUT2D eigenvalue weighted by Crippen LogP contribution is -2.06. The Hall–Kier alpha value is -1.29. The van der Waals surface area contributed by atoms with Crippen molar-refractivity contribution in [2.75, 3.05) is 26.9 Å². The molecule has 0 fully saturated rings. The second-order valence-corrected chi connectivity index (χ2v) is 3.64. The summed E-state index contributed by atoms with van der Waals surface area (Å²) in [4.78, 5) is 0. The van der Waals surface area contributed by atoms with E-state index in [1.807, 2.05) is 32.2 Å². The molecule has 0 saturated heterocycles. The Labute approximate surface area is 102 Å². The van der Waals surface area contributed by atoms with E-state index < -0.39 is 0 Å². The minimum Gasteiger partial charge on any atom is -0.490 e. The van der Waals surface area contributed by atoms with E-state index in [9.17, 15) is 4.39 Å². The van der Waals surface area contributed by atoms with Crippen LogP contribution in [0.15, 0.2) is 18.2 Å². The quantitative estimate of drug-likeness (QED) is 0.709. The highest BCUT2D eigenvalue weighted by Crippen LogP contribution is 2.28. The fraction of sp³-hybridized carbons (Fsp3) is 0.538. The second kappa shape index (κ2) is 7.90. The topological polar surface area (TPSA) is 30.5 Å². The SMILES string of the molecule is CCOc1cc(CNC)ccc1OCCCF. The van der Waals surface area contributed by atoms with Gasteiger partial charge in [-0.2, -0.15) is 0 Å². The van der Waals surface area contributed by atoms with E-state index in [-0.39, 0.29) is 6.67 Å². The normalized spacial score (nSPS) is 10.3. The summed E-state index contributed by atoms with van der Waals surface area (Å²) in [7, 11) is 1.89. The molecule has 1 N–H and O–H groups in total. The summed E-state index contributed by atoms with van der Waals surface area (Å²) in [6.07, 6.45) is 0.407. The van der Waals surface area contributed by atoms with Gasteiger partial charge in [-0.25, -0.2) is 0 Å². The predicted molar refractivity (Wildman–Crippen MR) is 66.5 cm³/mol. The van der Waals surface area contributed by atoms with Gasteiger partial charge in [0.2, 0.25) is 0 Å². The van der Waals surface area contributed by atoms with E-state index in [1.54, 1.807) is 0 Å². The van der Waals surface area contributed by atoms with Crippen LogP contribution in [0.3, 0.4) is 0 Å². The monoisotopic (exact) mass is 241 g/mol. The van der Waals surface area contributed by atoms with Gasteiger partial charge in [-0.15, -0.1) is 0 Å². The van der Waals surface area contributed by atoms with E-state index in [4.69, 9.17) is 9.47 Å². The molecule has 17 heavy (non-hydrogen) atoms. The molecule has 0 radical (unpaired) electrons. The molecule has 0 aliphatic rings. The Kier molecular flexibility index (Phi) is 6.40. The van der Waals surface area contributed by atoms with Crippen molar-refractivity contribution in [1.82, 2.24) is 5.32 Å². The van der Waals surface area contributed by atoms with Gasteiger partial charge in [-0.05, 0) is 31.7 Å². The van der Waals surface area contributed by atoms with Gasteiger partial charge in [0, 0.05) is 13.0 Å². The van der Waals surface area contributed by atoms with Crippen molar-refractivity contribution in [2.45, 2.75) is 19.9 Å². The Morgan fingerprint density at radius 3 is 2.71 bits per heavy atom. The van der Waals surface area contributed by atoms with Gasteiger partial charge in [-0.3, -0.25) is 4.39 Å². The molecule has 0 spiro atoms. The molecule has 3 nitrogen and oxygen atoms in total. The number of alkyl halides is 1. The highest BCUT2D eigenvalue weighted by Gasteiger charge is 2.06. The highest BCUT2D eigenvalue weighted by atomic mass is 19.1. The summed E-state index contributed by atoms with van der Waals surface area (Å²) >= 11 is 0. The lowest BCUT2D eigenvalue weighted by molar-refractivity contribution is 0.262. The Morgan fingerprint density at radius 2 is 2.06 bits per heavy atom. The molecule has 0 aliphatic carbocycles. The van der Waals surface area contributed by atoms with Gasteiger partial charge in [0.25, 0.3) is 0 Å². The van der Waals surface area contributed by atoms with Crippen LogP contribution in [0.5, 0.6) is 11.5 Å². The van der Waals surface area contributed by atoms with E-state index >= 15 is 0 Å². The maximum absolute atomic E-state index is 12.0. The van der Waals surface area contributed by atoms with Crippen LogP contribution < -0.4 is 14.8 Å². The zero-order valence-electron chi connectivity index (χ0n) is 10.5. The first-order chi connectivity index (χ1) is 8.31. The van der Waals surface area contributed by atoms with Gasteiger partial charge in [0.05, 0.1) is 19.9 Å². The van der Waals surface area contributed by atoms with Crippen LogP contribution in [0, 0.1) is 0 Å². The molecule has 0 amide bonds. The van der Waals surface area contributed by atoms with Crippen molar-refractivity contribution in [3.8, 4) is 11.5 Å². The molecule has 0 aliphatic heterocycles. The zero-order chi connectivity index (χ0) is 12.5. The number of nitrogens with one attached hydrogen (secondary N) is 1. The molecule has 0 bridgehead atoms. The van der Waals surface area contributed by atoms with E-state index in [0.29, 0.717) is 25.4 Å². The minimum atomic E-state index is -0.359. The molecule has 1 aromatic rings. The third-order valence-corrected chi connectivity index (χ3v) is 2.22. The fourth-order valence-electron chi connectivity index (χ4n) is 1.49. The number of hydrogen-bond donors (Lipinski definition) is 1. The molecule has 0 atom stereocenters. The molecule has 1 rings (SSSR count). The molecular formula is C13H20FNO2. The first-order valence-electron chi connectivity index (χ1n) is 5.91. The second-order valence-electron chi connectivity index (χ2n) is 3.64. The van der Waals surface area contributed by atoms with Crippen molar-refractivity contribution in [3.05, 3.63) is 23.8 Å². The van der Waals surface area contributed by atoms with Gasteiger partial charge >= 0.3 is 0 Å². The number of rotatable bonds is 8. The third-order valence-electron chi connectivity index (χ3n) is 2.22. The standard InChI is InChI=1S/C13H20FNO2/c1-3-16-13-9-11(10-15-2)5-6-12(13)17-8-4-7-14/h5-6,9,15H,3-4,7-8,10H2,1-2H3. The van der Waals surface area contributed by atoms with Crippen molar-refractivity contribution >= 4 is 0 Å². The average Bonchev–Trinajstić information content (AvgIpc) is 2.33. The number of benzene rings is 1.